The van der Waals surface area contributed by atoms with E-state index in [9.17, 15) is 13.2 Å². The molecular weight excluding hydrogens is 328 g/mol. The zero-order valence-corrected chi connectivity index (χ0v) is 14.0. The molecular formula is C17H18N2O4S. The van der Waals surface area contributed by atoms with Gasteiger partial charge in [0.05, 0.1) is 10.9 Å². The molecule has 0 unspecified atom stereocenters. The van der Waals surface area contributed by atoms with E-state index in [2.05, 4.69) is 10.0 Å². The summed E-state index contributed by atoms with van der Waals surface area (Å²) in [4.78, 5) is 11.2. The first-order valence-electron chi connectivity index (χ1n) is 7.55. The van der Waals surface area contributed by atoms with Gasteiger partial charge in [-0.25, -0.2) is 13.1 Å². The normalized spacial score (nSPS) is 16.8. The summed E-state index contributed by atoms with van der Waals surface area (Å²) in [5.41, 5.74) is 1.54. The van der Waals surface area contributed by atoms with E-state index in [1.165, 1.54) is 19.1 Å². The van der Waals surface area contributed by atoms with Crippen molar-refractivity contribution in [3.05, 3.63) is 54.1 Å². The summed E-state index contributed by atoms with van der Waals surface area (Å²) in [6.07, 6.45) is 0.583. The molecule has 1 aliphatic rings. The molecule has 0 radical (unpaired) electrons. The standard InChI is InChI=1S/C17H18N2O4S/c1-12(20)18-14-6-8-16(9-7-14)24(21,22)19-15-10-13-4-2-3-5-17(13)23-11-15/h2-9,15,19H,10-11H2,1H3,(H,18,20)/t15-/m0/s1. The van der Waals surface area contributed by atoms with Crippen molar-refractivity contribution in [2.75, 3.05) is 11.9 Å². The summed E-state index contributed by atoms with van der Waals surface area (Å²) in [7, 11) is -3.65. The number of para-hydroxylation sites is 1. The second-order valence-corrected chi connectivity index (χ2v) is 7.36. The van der Waals surface area contributed by atoms with Crippen molar-refractivity contribution >= 4 is 21.6 Å². The smallest absolute Gasteiger partial charge is 0.240 e. The van der Waals surface area contributed by atoms with Crippen LogP contribution in [-0.2, 0) is 21.2 Å². The molecule has 3 rings (SSSR count). The number of amides is 1. The van der Waals surface area contributed by atoms with Gasteiger partial charge < -0.3 is 10.1 Å². The molecule has 7 heteroatoms. The summed E-state index contributed by atoms with van der Waals surface area (Å²) in [5.74, 6) is 0.592. The van der Waals surface area contributed by atoms with Gasteiger partial charge in [0.15, 0.2) is 0 Å². The fourth-order valence-electron chi connectivity index (χ4n) is 2.61. The Morgan fingerprint density at radius 2 is 1.83 bits per heavy atom. The maximum Gasteiger partial charge on any atom is 0.240 e. The van der Waals surface area contributed by atoms with E-state index in [4.69, 9.17) is 4.74 Å². The van der Waals surface area contributed by atoms with Crippen LogP contribution in [0.2, 0.25) is 0 Å². The van der Waals surface area contributed by atoms with Crippen LogP contribution in [0.3, 0.4) is 0 Å². The molecule has 1 atom stereocenters. The average molecular weight is 346 g/mol. The molecule has 0 saturated carbocycles. The van der Waals surface area contributed by atoms with Crippen LogP contribution in [0, 0.1) is 0 Å². The zero-order valence-electron chi connectivity index (χ0n) is 13.2. The molecule has 0 saturated heterocycles. The van der Waals surface area contributed by atoms with E-state index in [1.54, 1.807) is 12.1 Å². The lowest BCUT2D eigenvalue weighted by Gasteiger charge is -2.25. The molecule has 1 amide bonds. The third-order valence-corrected chi connectivity index (χ3v) is 5.22. The van der Waals surface area contributed by atoms with Crippen LogP contribution in [0.15, 0.2) is 53.4 Å². The summed E-state index contributed by atoms with van der Waals surface area (Å²) in [5, 5.41) is 2.60. The molecule has 0 spiro atoms. The number of ether oxygens (including phenoxy) is 1. The maximum atomic E-state index is 12.5. The van der Waals surface area contributed by atoms with E-state index in [-0.39, 0.29) is 16.8 Å². The van der Waals surface area contributed by atoms with Gasteiger partial charge >= 0.3 is 0 Å². The first-order chi connectivity index (χ1) is 11.4. The number of carbonyl (C=O) groups is 1. The van der Waals surface area contributed by atoms with E-state index in [1.807, 2.05) is 24.3 Å². The predicted octanol–water partition coefficient (Wildman–Crippen LogP) is 1.93. The van der Waals surface area contributed by atoms with Gasteiger partial charge in [-0.3, -0.25) is 4.79 Å². The zero-order chi connectivity index (χ0) is 17.2. The van der Waals surface area contributed by atoms with E-state index in [0.29, 0.717) is 18.7 Å². The second-order valence-electron chi connectivity index (χ2n) is 5.65. The van der Waals surface area contributed by atoms with Crippen molar-refractivity contribution in [1.29, 1.82) is 0 Å². The Balaban J connectivity index is 1.71. The van der Waals surface area contributed by atoms with Crippen LogP contribution >= 0.6 is 0 Å². The number of carbonyl (C=O) groups excluding carboxylic acids is 1. The van der Waals surface area contributed by atoms with Crippen LogP contribution < -0.4 is 14.8 Å². The maximum absolute atomic E-state index is 12.5. The molecule has 126 valence electrons. The molecule has 6 nitrogen and oxygen atoms in total. The third kappa shape index (κ3) is 3.74. The van der Waals surface area contributed by atoms with Gasteiger partial charge in [-0.1, -0.05) is 18.2 Å². The summed E-state index contributed by atoms with van der Waals surface area (Å²) in [6.45, 7) is 1.69. The number of fused-ring (bicyclic) bond motifs is 1. The molecule has 1 aliphatic heterocycles. The van der Waals surface area contributed by atoms with Gasteiger partial charge in [0.1, 0.15) is 12.4 Å². The topological polar surface area (TPSA) is 84.5 Å². The van der Waals surface area contributed by atoms with E-state index in [0.717, 1.165) is 11.3 Å². The average Bonchev–Trinajstić information content (AvgIpc) is 2.54. The van der Waals surface area contributed by atoms with E-state index >= 15 is 0 Å². The van der Waals surface area contributed by atoms with Crippen molar-refractivity contribution in [3.8, 4) is 5.75 Å². The van der Waals surface area contributed by atoms with Crippen molar-refractivity contribution in [2.24, 2.45) is 0 Å². The highest BCUT2D eigenvalue weighted by atomic mass is 32.2. The number of sulfonamides is 1. The number of hydrogen-bond donors (Lipinski definition) is 2. The molecule has 1 heterocycles. The lowest BCUT2D eigenvalue weighted by atomic mass is 10.0. The number of nitrogens with one attached hydrogen (secondary N) is 2. The van der Waals surface area contributed by atoms with E-state index < -0.39 is 10.0 Å². The Morgan fingerprint density at radius 1 is 1.12 bits per heavy atom. The number of rotatable bonds is 4. The highest BCUT2D eigenvalue weighted by molar-refractivity contribution is 7.89. The monoisotopic (exact) mass is 346 g/mol. The summed E-state index contributed by atoms with van der Waals surface area (Å²) >= 11 is 0. The first kappa shape index (κ1) is 16.5. The largest absolute Gasteiger partial charge is 0.492 e. The Kier molecular flexibility index (Phi) is 4.55. The van der Waals surface area contributed by atoms with Gasteiger partial charge in [-0.15, -0.1) is 0 Å². The highest BCUT2D eigenvalue weighted by Gasteiger charge is 2.25. The van der Waals surface area contributed by atoms with Gasteiger partial charge in [-0.2, -0.15) is 0 Å². The molecule has 2 aromatic carbocycles. The number of anilines is 1. The molecule has 2 aromatic rings. The summed E-state index contributed by atoms with van der Waals surface area (Å²) < 4.78 is 33.3. The lowest BCUT2D eigenvalue weighted by molar-refractivity contribution is -0.114. The molecule has 2 N–H and O–H groups in total. The van der Waals surface area contributed by atoms with Crippen LogP contribution in [0.4, 0.5) is 5.69 Å². The predicted molar refractivity (Wildman–Crippen MR) is 90.5 cm³/mol. The third-order valence-electron chi connectivity index (χ3n) is 3.69. The van der Waals surface area contributed by atoms with Crippen LogP contribution in [0.1, 0.15) is 12.5 Å². The quantitative estimate of drug-likeness (QED) is 0.886. The molecule has 0 fully saturated rings. The number of benzene rings is 2. The highest BCUT2D eigenvalue weighted by Crippen LogP contribution is 2.24. The second kappa shape index (κ2) is 6.62. The minimum Gasteiger partial charge on any atom is -0.492 e. The van der Waals surface area contributed by atoms with Crippen molar-refractivity contribution in [3.63, 3.8) is 0 Å². The lowest BCUT2D eigenvalue weighted by Crippen LogP contribution is -2.42. The Morgan fingerprint density at radius 3 is 2.54 bits per heavy atom. The van der Waals surface area contributed by atoms with Gasteiger partial charge in [0.2, 0.25) is 15.9 Å². The Hall–Kier alpha value is -2.38. The van der Waals surface area contributed by atoms with Gasteiger partial charge in [-0.05, 0) is 42.3 Å². The minimum atomic E-state index is -3.65. The molecule has 0 aliphatic carbocycles. The minimum absolute atomic E-state index is 0.149. The fraction of sp³-hybridized carbons (Fsp3) is 0.235. The van der Waals surface area contributed by atoms with Crippen LogP contribution in [0.5, 0.6) is 5.75 Å². The SMILES string of the molecule is CC(=O)Nc1ccc(S(=O)(=O)N[C@@H]2COc3ccccc3C2)cc1. The Bertz CT molecular complexity index is 847. The van der Waals surface area contributed by atoms with Crippen molar-refractivity contribution < 1.29 is 17.9 Å². The van der Waals surface area contributed by atoms with Crippen LogP contribution in [0.25, 0.3) is 0 Å². The van der Waals surface area contributed by atoms with Crippen molar-refractivity contribution in [1.82, 2.24) is 4.72 Å². The fourth-order valence-corrected chi connectivity index (χ4v) is 3.83. The summed E-state index contributed by atoms with van der Waals surface area (Å²) in [6, 6.07) is 13.3. The Labute approximate surface area is 140 Å². The van der Waals surface area contributed by atoms with Gasteiger partial charge in [0, 0.05) is 12.6 Å². The molecule has 0 aromatic heterocycles. The number of hydrogen-bond acceptors (Lipinski definition) is 4. The van der Waals surface area contributed by atoms with Crippen LogP contribution in [-0.4, -0.2) is 27.0 Å². The van der Waals surface area contributed by atoms with Gasteiger partial charge in [0.25, 0.3) is 0 Å². The molecule has 24 heavy (non-hydrogen) atoms. The van der Waals surface area contributed by atoms with Crippen molar-refractivity contribution in [2.45, 2.75) is 24.3 Å². The molecule has 0 bridgehead atoms. The first-order valence-corrected chi connectivity index (χ1v) is 9.03.